The van der Waals surface area contributed by atoms with Crippen molar-refractivity contribution >= 4 is 5.91 Å². The number of aromatic nitrogens is 2. The summed E-state index contributed by atoms with van der Waals surface area (Å²) in [6.45, 7) is 0.829. The minimum absolute atomic E-state index is 0.0902. The Labute approximate surface area is 181 Å². The van der Waals surface area contributed by atoms with Gasteiger partial charge in [-0.25, -0.2) is 13.5 Å². The molecule has 0 unspecified atom stereocenters. The quantitative estimate of drug-likeness (QED) is 0.696. The molecule has 1 saturated heterocycles. The lowest BCUT2D eigenvalue weighted by atomic mass is 10.0. The molecule has 3 atom stereocenters. The van der Waals surface area contributed by atoms with Gasteiger partial charge in [0.1, 0.15) is 11.5 Å². The fraction of sp³-hybridized carbons (Fsp3) is 0.545. The highest BCUT2D eigenvalue weighted by Gasteiger charge is 2.50. The average molecular weight is 454 g/mol. The first-order valence-electron chi connectivity index (χ1n) is 10.9. The third kappa shape index (κ3) is 4.12. The van der Waals surface area contributed by atoms with Crippen LogP contribution < -0.4 is 5.32 Å². The predicted octanol–water partition coefficient (Wildman–Crippen LogP) is 3.96. The molecule has 5 nitrogen and oxygen atoms in total. The van der Waals surface area contributed by atoms with Gasteiger partial charge < -0.3 is 10.2 Å². The number of hydrogen-bond acceptors (Lipinski definition) is 3. The van der Waals surface area contributed by atoms with Gasteiger partial charge in [0, 0.05) is 36.7 Å². The molecule has 2 aromatic rings. The summed E-state index contributed by atoms with van der Waals surface area (Å²) in [6, 6.07) is 2.99. The van der Waals surface area contributed by atoms with E-state index in [4.69, 9.17) is 0 Å². The van der Waals surface area contributed by atoms with Crippen LogP contribution in [0.4, 0.5) is 22.0 Å². The van der Waals surface area contributed by atoms with Crippen LogP contribution in [0.1, 0.15) is 53.3 Å². The highest BCUT2D eigenvalue weighted by molar-refractivity contribution is 5.94. The van der Waals surface area contributed by atoms with Crippen molar-refractivity contribution in [2.75, 3.05) is 19.6 Å². The topological polar surface area (TPSA) is 50.2 Å². The summed E-state index contributed by atoms with van der Waals surface area (Å²) in [5.74, 6) is -1.21. The van der Waals surface area contributed by atoms with Crippen LogP contribution in [0.5, 0.6) is 0 Å². The molecule has 1 aromatic heterocycles. The second kappa shape index (κ2) is 7.83. The predicted molar refractivity (Wildman–Crippen MR) is 106 cm³/mol. The van der Waals surface area contributed by atoms with E-state index in [1.54, 1.807) is 4.90 Å². The molecule has 2 fully saturated rings. The van der Waals surface area contributed by atoms with Crippen molar-refractivity contribution < 1.29 is 26.7 Å². The molecule has 1 aliphatic heterocycles. The Morgan fingerprint density at radius 1 is 1.25 bits per heavy atom. The minimum atomic E-state index is -4.21. The van der Waals surface area contributed by atoms with Crippen LogP contribution in [0.25, 0.3) is 5.69 Å². The Morgan fingerprint density at radius 2 is 2.06 bits per heavy atom. The molecule has 0 bridgehead atoms. The largest absolute Gasteiger partial charge is 0.390 e. The van der Waals surface area contributed by atoms with Gasteiger partial charge in [-0.1, -0.05) is 0 Å². The Hall–Kier alpha value is -2.49. The number of nitrogens with one attached hydrogen (secondary N) is 1. The van der Waals surface area contributed by atoms with Crippen LogP contribution in [0.2, 0.25) is 0 Å². The Morgan fingerprint density at radius 3 is 2.81 bits per heavy atom. The molecule has 3 aliphatic rings. The van der Waals surface area contributed by atoms with E-state index in [0.717, 1.165) is 29.8 Å². The van der Waals surface area contributed by atoms with Crippen LogP contribution in [0, 0.1) is 17.6 Å². The molecule has 1 amide bonds. The SMILES string of the molecule is O=C(N[C@@H]1CCCN(CCC(F)(F)F)C1)c1nn(-c2ccc(F)cc2F)c2c1C[C@H]1C[C@@H]21. The monoisotopic (exact) mass is 454 g/mol. The van der Waals surface area contributed by atoms with Crippen LogP contribution >= 0.6 is 0 Å². The molecule has 172 valence electrons. The van der Waals surface area contributed by atoms with E-state index in [1.165, 1.54) is 10.7 Å². The number of rotatable bonds is 5. The van der Waals surface area contributed by atoms with Crippen LogP contribution in [0.15, 0.2) is 18.2 Å². The molecule has 1 aromatic carbocycles. The summed E-state index contributed by atoms with van der Waals surface area (Å²) in [5, 5.41) is 7.32. The molecular weight excluding hydrogens is 431 g/mol. The number of likely N-dealkylation sites (tertiary alicyclic amines) is 1. The number of halogens is 5. The maximum absolute atomic E-state index is 14.4. The number of carbonyl (C=O) groups excluding carboxylic acids is 1. The first-order valence-corrected chi connectivity index (χ1v) is 10.9. The number of amides is 1. The molecule has 32 heavy (non-hydrogen) atoms. The molecule has 0 radical (unpaired) electrons. The third-order valence-corrected chi connectivity index (χ3v) is 6.67. The van der Waals surface area contributed by atoms with Gasteiger partial charge in [-0.05, 0) is 50.3 Å². The maximum Gasteiger partial charge on any atom is 0.390 e. The molecule has 2 heterocycles. The highest BCUT2D eigenvalue weighted by atomic mass is 19.4. The molecule has 0 spiro atoms. The number of piperidine rings is 1. The van der Waals surface area contributed by atoms with Gasteiger partial charge in [0.2, 0.25) is 0 Å². The van der Waals surface area contributed by atoms with Crippen molar-refractivity contribution in [3.63, 3.8) is 0 Å². The van der Waals surface area contributed by atoms with Gasteiger partial charge in [-0.2, -0.15) is 18.3 Å². The van der Waals surface area contributed by atoms with Gasteiger partial charge in [0.25, 0.3) is 5.91 Å². The lowest BCUT2D eigenvalue weighted by Crippen LogP contribution is -2.48. The van der Waals surface area contributed by atoms with Gasteiger partial charge in [0.15, 0.2) is 11.5 Å². The minimum Gasteiger partial charge on any atom is -0.347 e. The standard InChI is InChI=1S/C22H23F5N4O/c23-13-3-4-18(17(24)10-13)31-20-15-8-12(15)9-16(20)19(29-31)21(32)28-14-2-1-6-30(11-14)7-5-22(25,26)27/h3-4,10,12,14-15H,1-2,5-9,11H2,(H,28,32)/t12-,14-,15-/m1/s1. The number of carbonyl (C=O) groups is 1. The van der Waals surface area contributed by atoms with Crippen molar-refractivity contribution in [2.24, 2.45) is 5.92 Å². The Bertz CT molecular complexity index is 1050. The fourth-order valence-electron chi connectivity index (χ4n) is 5.05. The van der Waals surface area contributed by atoms with E-state index in [2.05, 4.69) is 10.4 Å². The van der Waals surface area contributed by atoms with Crippen molar-refractivity contribution in [1.82, 2.24) is 20.0 Å². The van der Waals surface area contributed by atoms with E-state index >= 15 is 0 Å². The molecule has 1 saturated carbocycles. The summed E-state index contributed by atoms with van der Waals surface area (Å²) in [7, 11) is 0. The van der Waals surface area contributed by atoms with E-state index in [1.807, 2.05) is 0 Å². The molecular formula is C22H23F5N4O. The molecule has 1 N–H and O–H groups in total. The summed E-state index contributed by atoms with van der Waals surface area (Å²) in [5.41, 5.74) is 1.92. The van der Waals surface area contributed by atoms with Crippen LogP contribution in [0.3, 0.4) is 0 Å². The zero-order chi connectivity index (χ0) is 22.6. The lowest BCUT2D eigenvalue weighted by Gasteiger charge is -2.33. The summed E-state index contributed by atoms with van der Waals surface area (Å²) >= 11 is 0. The normalized spacial score (nSPS) is 24.8. The van der Waals surface area contributed by atoms with E-state index in [-0.39, 0.29) is 29.9 Å². The van der Waals surface area contributed by atoms with Crippen LogP contribution in [-0.4, -0.2) is 52.4 Å². The summed E-state index contributed by atoms with van der Waals surface area (Å²) in [6.07, 6.45) is -2.07. The fourth-order valence-corrected chi connectivity index (χ4v) is 5.05. The first-order chi connectivity index (χ1) is 15.2. The molecule has 2 aliphatic carbocycles. The van der Waals surface area contributed by atoms with Crippen molar-refractivity contribution in [3.8, 4) is 5.69 Å². The summed E-state index contributed by atoms with van der Waals surface area (Å²) < 4.78 is 66.9. The van der Waals surface area contributed by atoms with Gasteiger partial charge in [-0.3, -0.25) is 4.79 Å². The number of alkyl halides is 3. The Balaban J connectivity index is 1.34. The number of benzene rings is 1. The molecule has 5 rings (SSSR count). The third-order valence-electron chi connectivity index (χ3n) is 6.67. The second-order valence-electron chi connectivity index (χ2n) is 9.00. The van der Waals surface area contributed by atoms with Gasteiger partial charge in [0.05, 0.1) is 12.1 Å². The van der Waals surface area contributed by atoms with E-state index in [0.29, 0.717) is 38.3 Å². The van der Waals surface area contributed by atoms with Crippen molar-refractivity contribution in [1.29, 1.82) is 0 Å². The number of nitrogens with zero attached hydrogens (tertiary/aromatic N) is 3. The molecule has 10 heteroatoms. The van der Waals surface area contributed by atoms with Gasteiger partial charge >= 0.3 is 6.18 Å². The second-order valence-corrected chi connectivity index (χ2v) is 9.00. The lowest BCUT2D eigenvalue weighted by molar-refractivity contribution is -0.138. The smallest absolute Gasteiger partial charge is 0.347 e. The number of hydrogen-bond donors (Lipinski definition) is 1. The van der Waals surface area contributed by atoms with E-state index < -0.39 is 30.1 Å². The van der Waals surface area contributed by atoms with E-state index in [9.17, 15) is 26.7 Å². The maximum atomic E-state index is 14.4. The zero-order valence-corrected chi connectivity index (χ0v) is 17.3. The number of fused-ring (bicyclic) bond motifs is 3. The average Bonchev–Trinajstić information content (AvgIpc) is 3.22. The van der Waals surface area contributed by atoms with Crippen molar-refractivity contribution in [3.05, 3.63) is 46.8 Å². The summed E-state index contributed by atoms with van der Waals surface area (Å²) in [4.78, 5) is 14.8. The van der Waals surface area contributed by atoms with Crippen LogP contribution in [-0.2, 0) is 6.42 Å². The Kier molecular flexibility index (Phi) is 5.22. The van der Waals surface area contributed by atoms with Crippen molar-refractivity contribution in [2.45, 2.75) is 50.2 Å². The van der Waals surface area contributed by atoms with Gasteiger partial charge in [-0.15, -0.1) is 0 Å². The zero-order valence-electron chi connectivity index (χ0n) is 17.3. The first kappa shape index (κ1) is 21.4. The highest BCUT2D eigenvalue weighted by Crippen LogP contribution is 2.57.